The molecule has 1 N–H and O–H groups in total. The molecular weight excluding hydrogens is 256 g/mol. The lowest BCUT2D eigenvalue weighted by Crippen LogP contribution is -2.45. The first kappa shape index (κ1) is 15.4. The maximum Gasteiger partial charge on any atom is 0.229 e. The Morgan fingerprint density at radius 1 is 1.44 bits per heavy atom. The van der Waals surface area contributed by atoms with Crippen LogP contribution in [0.3, 0.4) is 0 Å². The summed E-state index contributed by atoms with van der Waals surface area (Å²) in [7, 11) is -1.41. The van der Waals surface area contributed by atoms with Crippen molar-refractivity contribution in [1.29, 1.82) is 0 Å². The lowest BCUT2D eigenvalue weighted by Gasteiger charge is -2.24. The second kappa shape index (κ2) is 6.49. The molecule has 0 saturated carbocycles. The Bertz CT molecular complexity index is 383. The quantitative estimate of drug-likeness (QED) is 0.682. The van der Waals surface area contributed by atoms with Gasteiger partial charge in [-0.25, -0.2) is 8.42 Å². The third-order valence-corrected chi connectivity index (χ3v) is 3.96. The van der Waals surface area contributed by atoms with Crippen molar-refractivity contribution in [2.75, 3.05) is 45.4 Å². The molecule has 6 nitrogen and oxygen atoms in total. The van der Waals surface area contributed by atoms with Crippen molar-refractivity contribution in [3.63, 3.8) is 0 Å². The Balaban J connectivity index is 2.52. The van der Waals surface area contributed by atoms with Crippen molar-refractivity contribution in [3.05, 3.63) is 0 Å². The molecule has 7 heteroatoms. The summed E-state index contributed by atoms with van der Waals surface area (Å²) in [6, 6.07) is 0.0307. The SMILES string of the molecule is CCNC1COCC1C(=O)N(C)CCS(C)(=O)=O. The number of carbonyl (C=O) groups excluding carboxylic acids is 1. The highest BCUT2D eigenvalue weighted by Crippen LogP contribution is 2.16. The van der Waals surface area contributed by atoms with E-state index in [1.165, 1.54) is 11.2 Å². The standard InChI is InChI=1S/C11H22N2O4S/c1-4-12-10-8-17-7-9(10)11(14)13(2)5-6-18(3,15)16/h9-10,12H,4-8H2,1-3H3. The van der Waals surface area contributed by atoms with Crippen LogP contribution in [0.5, 0.6) is 0 Å². The number of rotatable bonds is 6. The van der Waals surface area contributed by atoms with Crippen molar-refractivity contribution >= 4 is 15.7 Å². The second-order valence-corrected chi connectivity index (χ2v) is 6.96. The lowest BCUT2D eigenvalue weighted by molar-refractivity contribution is -0.134. The van der Waals surface area contributed by atoms with E-state index in [9.17, 15) is 13.2 Å². The fraction of sp³-hybridized carbons (Fsp3) is 0.909. The fourth-order valence-corrected chi connectivity index (χ4v) is 2.56. The maximum absolute atomic E-state index is 12.2. The number of nitrogens with zero attached hydrogens (tertiary/aromatic N) is 1. The van der Waals surface area contributed by atoms with Gasteiger partial charge in [0.05, 0.1) is 24.9 Å². The van der Waals surface area contributed by atoms with Crippen molar-refractivity contribution in [3.8, 4) is 0 Å². The Morgan fingerprint density at radius 3 is 2.67 bits per heavy atom. The van der Waals surface area contributed by atoms with Crippen LogP contribution in [0.25, 0.3) is 0 Å². The second-order valence-electron chi connectivity index (χ2n) is 4.70. The summed E-state index contributed by atoms with van der Waals surface area (Å²) in [5, 5.41) is 3.21. The number of ether oxygens (including phenoxy) is 1. The van der Waals surface area contributed by atoms with Crippen LogP contribution in [0.15, 0.2) is 0 Å². The molecule has 0 aromatic heterocycles. The van der Waals surface area contributed by atoms with Gasteiger partial charge in [0.25, 0.3) is 0 Å². The van der Waals surface area contributed by atoms with E-state index in [1.54, 1.807) is 7.05 Å². The van der Waals surface area contributed by atoms with E-state index in [0.29, 0.717) is 13.2 Å². The third-order valence-electron chi connectivity index (χ3n) is 3.04. The molecular formula is C11H22N2O4S. The first-order valence-corrected chi connectivity index (χ1v) is 8.15. The Labute approximate surface area is 109 Å². The molecule has 1 heterocycles. The van der Waals surface area contributed by atoms with Gasteiger partial charge < -0.3 is 15.0 Å². The van der Waals surface area contributed by atoms with Crippen LogP contribution in [0.2, 0.25) is 0 Å². The molecule has 1 aliphatic heterocycles. The number of carbonyl (C=O) groups is 1. The number of likely N-dealkylation sites (N-methyl/N-ethyl adjacent to an activating group) is 1. The molecule has 0 radical (unpaired) electrons. The average molecular weight is 278 g/mol. The fourth-order valence-electron chi connectivity index (χ4n) is 1.96. The summed E-state index contributed by atoms with van der Waals surface area (Å²) in [6.45, 7) is 3.93. The number of hydrogen-bond donors (Lipinski definition) is 1. The molecule has 2 unspecified atom stereocenters. The normalized spacial score (nSPS) is 24.2. The van der Waals surface area contributed by atoms with Crippen LogP contribution < -0.4 is 5.32 Å². The van der Waals surface area contributed by atoms with Gasteiger partial charge in [0.1, 0.15) is 9.84 Å². The topological polar surface area (TPSA) is 75.7 Å². The smallest absolute Gasteiger partial charge is 0.229 e. The zero-order valence-corrected chi connectivity index (χ0v) is 12.0. The van der Waals surface area contributed by atoms with Gasteiger partial charge in [-0.3, -0.25) is 4.79 Å². The van der Waals surface area contributed by atoms with Gasteiger partial charge in [-0.15, -0.1) is 0 Å². The zero-order chi connectivity index (χ0) is 13.8. The lowest BCUT2D eigenvalue weighted by atomic mass is 10.0. The minimum atomic E-state index is -3.04. The molecule has 1 saturated heterocycles. The summed E-state index contributed by atoms with van der Waals surface area (Å²) in [5.41, 5.74) is 0. The first-order valence-electron chi connectivity index (χ1n) is 6.09. The van der Waals surface area contributed by atoms with Crippen molar-refractivity contribution < 1.29 is 17.9 Å². The molecule has 0 aromatic carbocycles. The number of amides is 1. The molecule has 18 heavy (non-hydrogen) atoms. The van der Waals surface area contributed by atoms with Crippen molar-refractivity contribution in [1.82, 2.24) is 10.2 Å². The van der Waals surface area contributed by atoms with E-state index >= 15 is 0 Å². The Morgan fingerprint density at radius 2 is 2.11 bits per heavy atom. The van der Waals surface area contributed by atoms with Crippen LogP contribution >= 0.6 is 0 Å². The summed E-state index contributed by atoms with van der Waals surface area (Å²) in [5.74, 6) is -0.272. The van der Waals surface area contributed by atoms with Crippen LogP contribution in [-0.2, 0) is 19.4 Å². The van der Waals surface area contributed by atoms with Gasteiger partial charge in [-0.1, -0.05) is 6.92 Å². The average Bonchev–Trinajstić information content (AvgIpc) is 2.72. The van der Waals surface area contributed by atoms with Crippen molar-refractivity contribution in [2.45, 2.75) is 13.0 Å². The van der Waals surface area contributed by atoms with E-state index in [1.807, 2.05) is 6.92 Å². The van der Waals surface area contributed by atoms with Crippen molar-refractivity contribution in [2.24, 2.45) is 5.92 Å². The monoisotopic (exact) mass is 278 g/mol. The molecule has 0 aromatic rings. The molecule has 1 amide bonds. The highest BCUT2D eigenvalue weighted by Gasteiger charge is 2.35. The van der Waals surface area contributed by atoms with E-state index in [4.69, 9.17) is 4.74 Å². The number of sulfone groups is 1. The summed E-state index contributed by atoms with van der Waals surface area (Å²) < 4.78 is 27.5. The Hall–Kier alpha value is -0.660. The maximum atomic E-state index is 12.2. The summed E-state index contributed by atoms with van der Waals surface area (Å²) >= 11 is 0. The minimum Gasteiger partial charge on any atom is -0.379 e. The predicted octanol–water partition coefficient (Wildman–Crippen LogP) is -0.886. The van der Waals surface area contributed by atoms with Gasteiger partial charge in [0, 0.05) is 25.9 Å². The molecule has 0 spiro atoms. The van der Waals surface area contributed by atoms with Gasteiger partial charge >= 0.3 is 0 Å². The van der Waals surface area contributed by atoms with E-state index in [0.717, 1.165) is 6.54 Å². The van der Waals surface area contributed by atoms with Gasteiger partial charge in [-0.2, -0.15) is 0 Å². The highest BCUT2D eigenvalue weighted by atomic mass is 32.2. The van der Waals surface area contributed by atoms with Crippen LogP contribution in [0, 0.1) is 5.92 Å². The summed E-state index contributed by atoms with van der Waals surface area (Å²) in [4.78, 5) is 13.6. The van der Waals surface area contributed by atoms with E-state index < -0.39 is 9.84 Å². The molecule has 106 valence electrons. The van der Waals surface area contributed by atoms with Crippen LogP contribution in [-0.4, -0.2) is 70.6 Å². The molecule has 1 fully saturated rings. The van der Waals surface area contributed by atoms with Gasteiger partial charge in [0.2, 0.25) is 5.91 Å². The number of hydrogen-bond acceptors (Lipinski definition) is 5. The highest BCUT2D eigenvalue weighted by molar-refractivity contribution is 7.90. The van der Waals surface area contributed by atoms with Gasteiger partial charge in [0.15, 0.2) is 0 Å². The Kier molecular flexibility index (Phi) is 5.55. The van der Waals surface area contributed by atoms with E-state index in [2.05, 4.69) is 5.32 Å². The summed E-state index contributed by atoms with van der Waals surface area (Å²) in [6.07, 6.45) is 1.17. The number of nitrogens with one attached hydrogen (secondary N) is 1. The third kappa shape index (κ3) is 4.55. The molecule has 0 bridgehead atoms. The van der Waals surface area contributed by atoms with Gasteiger partial charge in [-0.05, 0) is 6.54 Å². The predicted molar refractivity (Wildman–Crippen MR) is 69.1 cm³/mol. The minimum absolute atomic E-state index is 0.00527. The van der Waals surface area contributed by atoms with E-state index in [-0.39, 0.29) is 30.2 Å². The molecule has 1 rings (SSSR count). The largest absolute Gasteiger partial charge is 0.379 e. The van der Waals surface area contributed by atoms with Crippen LogP contribution in [0.4, 0.5) is 0 Å². The zero-order valence-electron chi connectivity index (χ0n) is 11.2. The molecule has 0 aliphatic carbocycles. The molecule has 2 atom stereocenters. The molecule has 1 aliphatic rings. The van der Waals surface area contributed by atoms with Crippen LogP contribution in [0.1, 0.15) is 6.92 Å². The first-order chi connectivity index (χ1) is 8.35.